The summed E-state index contributed by atoms with van der Waals surface area (Å²) in [5.74, 6) is -3.69. The first-order chi connectivity index (χ1) is 13.6. The van der Waals surface area contributed by atoms with Gasteiger partial charge in [0.25, 0.3) is 5.91 Å². The number of rotatable bonds is 5. The van der Waals surface area contributed by atoms with E-state index in [4.69, 9.17) is 23.2 Å². The van der Waals surface area contributed by atoms with Crippen molar-refractivity contribution >= 4 is 52.6 Å². The van der Waals surface area contributed by atoms with Crippen LogP contribution in [-0.2, 0) is 0 Å². The van der Waals surface area contributed by atoms with Crippen LogP contribution < -0.4 is 4.90 Å². The zero-order chi connectivity index (χ0) is 21.7. The molecule has 0 aliphatic carbocycles. The molecule has 4 nitrogen and oxygen atoms in total. The largest absolute Gasteiger partial charge is 0.331 e. The Morgan fingerprint density at radius 1 is 1.03 bits per heavy atom. The number of halogens is 5. The zero-order valence-electron chi connectivity index (χ0n) is 15.3. The molecule has 0 atom stereocenters. The molecule has 0 aromatic heterocycles. The van der Waals surface area contributed by atoms with Gasteiger partial charge in [0.1, 0.15) is 27.5 Å². The number of benzene rings is 2. The van der Waals surface area contributed by atoms with Gasteiger partial charge in [-0.15, -0.1) is 11.8 Å². The van der Waals surface area contributed by atoms with E-state index >= 15 is 0 Å². The van der Waals surface area contributed by atoms with Crippen LogP contribution >= 0.6 is 35.0 Å². The maximum absolute atomic E-state index is 14.5. The molecule has 0 heterocycles. The molecule has 0 bridgehead atoms. The molecule has 29 heavy (non-hydrogen) atoms. The molecule has 2 aromatic rings. The lowest BCUT2D eigenvalue weighted by molar-refractivity contribution is 0.0827. The molecular weight excluding hydrogens is 448 g/mol. The van der Waals surface area contributed by atoms with Crippen LogP contribution in [0.5, 0.6) is 0 Å². The molecule has 0 radical (unpaired) electrons. The summed E-state index contributed by atoms with van der Waals surface area (Å²) in [4.78, 5) is 26.8. The molecule has 0 N–H and O–H groups in total. The third-order valence-corrected chi connectivity index (χ3v) is 5.05. The zero-order valence-corrected chi connectivity index (χ0v) is 17.6. The first-order valence-electron chi connectivity index (χ1n) is 8.06. The quantitative estimate of drug-likeness (QED) is 0.523. The van der Waals surface area contributed by atoms with E-state index in [0.29, 0.717) is 15.5 Å². The van der Waals surface area contributed by atoms with Crippen LogP contribution in [0.4, 0.5) is 23.7 Å². The number of thioether (sulfide) groups is 1. The van der Waals surface area contributed by atoms with Crippen LogP contribution in [0.1, 0.15) is 10.4 Å². The fourth-order valence-electron chi connectivity index (χ4n) is 2.34. The van der Waals surface area contributed by atoms with E-state index in [2.05, 4.69) is 0 Å². The van der Waals surface area contributed by atoms with Crippen molar-refractivity contribution in [2.24, 2.45) is 0 Å². The summed E-state index contributed by atoms with van der Waals surface area (Å²) in [6, 6.07) is 6.07. The number of amides is 3. The van der Waals surface area contributed by atoms with Gasteiger partial charge in [-0.3, -0.25) is 14.6 Å². The molecule has 3 amide bonds. The van der Waals surface area contributed by atoms with Gasteiger partial charge in [0.15, 0.2) is 0 Å². The van der Waals surface area contributed by atoms with E-state index in [9.17, 15) is 22.8 Å². The Labute approximate surface area is 179 Å². The monoisotopic (exact) mass is 462 g/mol. The Kier molecular flexibility index (Phi) is 8.01. The molecule has 2 rings (SSSR count). The topological polar surface area (TPSA) is 40.6 Å². The number of carbonyl (C=O) groups is 2. The summed E-state index contributed by atoms with van der Waals surface area (Å²) in [5, 5.41) is 0. The number of nitrogens with zero attached hydrogens (tertiary/aromatic N) is 2. The minimum absolute atomic E-state index is 0.0962. The van der Waals surface area contributed by atoms with Crippen molar-refractivity contribution in [1.29, 1.82) is 0 Å². The van der Waals surface area contributed by atoms with Gasteiger partial charge in [-0.2, -0.15) is 0 Å². The number of anilines is 1. The van der Waals surface area contributed by atoms with Gasteiger partial charge < -0.3 is 0 Å². The van der Waals surface area contributed by atoms with Crippen LogP contribution in [0.25, 0.3) is 0 Å². The lowest BCUT2D eigenvalue weighted by atomic mass is 10.1. The summed E-state index contributed by atoms with van der Waals surface area (Å²) in [7, 11) is 2.29. The Balaban J connectivity index is 2.18. The Morgan fingerprint density at radius 3 is 2.21 bits per heavy atom. The molecule has 0 aliphatic heterocycles. The van der Waals surface area contributed by atoms with Crippen molar-refractivity contribution in [3.63, 3.8) is 0 Å². The smallest absolute Gasteiger partial charge is 0.294 e. The van der Waals surface area contributed by atoms with Crippen molar-refractivity contribution in [3.05, 3.63) is 70.0 Å². The van der Waals surface area contributed by atoms with E-state index < -0.39 is 35.0 Å². The van der Waals surface area contributed by atoms with Gasteiger partial charge in [-0.1, -0.05) is 29.3 Å². The summed E-state index contributed by atoms with van der Waals surface area (Å²) >= 11 is 12.3. The van der Waals surface area contributed by atoms with Crippen LogP contribution in [0.15, 0.2) is 51.9 Å². The predicted octanol–water partition coefficient (Wildman–Crippen LogP) is 5.84. The number of hydrogen-bond donors (Lipinski definition) is 0. The molecule has 10 heteroatoms. The number of hydrogen-bond acceptors (Lipinski definition) is 3. The van der Waals surface area contributed by atoms with Crippen molar-refractivity contribution in [3.8, 4) is 0 Å². The molecular formula is C19H15Cl2F3N2O2S. The SMILES string of the molecule is CN(C(=O)c1c(F)cccc1F)C(=O)N(C)c1ccc(SCC=C(Cl)Cl)cc1F. The predicted molar refractivity (Wildman–Crippen MR) is 109 cm³/mol. The minimum Gasteiger partial charge on any atom is -0.294 e. The van der Waals surface area contributed by atoms with Crippen LogP contribution in [0.3, 0.4) is 0 Å². The Bertz CT molecular complexity index is 948. The van der Waals surface area contributed by atoms with Crippen molar-refractivity contribution in [1.82, 2.24) is 4.90 Å². The third kappa shape index (κ3) is 5.68. The summed E-state index contributed by atoms with van der Waals surface area (Å²) in [6.45, 7) is 0. The Hall–Kier alpha value is -2.16. The number of imide groups is 1. The van der Waals surface area contributed by atoms with Crippen LogP contribution in [-0.4, -0.2) is 36.7 Å². The second-order valence-electron chi connectivity index (χ2n) is 5.72. The fourth-order valence-corrected chi connectivity index (χ4v) is 3.47. The lowest BCUT2D eigenvalue weighted by Crippen LogP contribution is -2.43. The molecule has 0 saturated heterocycles. The van der Waals surface area contributed by atoms with E-state index in [-0.39, 0.29) is 10.2 Å². The Morgan fingerprint density at radius 2 is 1.66 bits per heavy atom. The highest BCUT2D eigenvalue weighted by atomic mass is 35.5. The maximum Gasteiger partial charge on any atom is 0.331 e. The van der Waals surface area contributed by atoms with Gasteiger partial charge >= 0.3 is 6.03 Å². The molecule has 2 aromatic carbocycles. The van der Waals surface area contributed by atoms with Crippen LogP contribution in [0, 0.1) is 17.5 Å². The molecule has 0 aliphatic rings. The average molecular weight is 463 g/mol. The molecule has 0 spiro atoms. The minimum atomic E-state index is -1.19. The summed E-state index contributed by atoms with van der Waals surface area (Å²) < 4.78 is 42.2. The van der Waals surface area contributed by atoms with Gasteiger partial charge in [-0.05, 0) is 36.4 Å². The van der Waals surface area contributed by atoms with Gasteiger partial charge in [0.2, 0.25) is 0 Å². The highest BCUT2D eigenvalue weighted by molar-refractivity contribution is 7.99. The van der Waals surface area contributed by atoms with Gasteiger partial charge in [0, 0.05) is 24.7 Å². The van der Waals surface area contributed by atoms with E-state index in [1.54, 1.807) is 6.07 Å². The average Bonchev–Trinajstić information content (AvgIpc) is 2.66. The number of carbonyl (C=O) groups excluding carboxylic acids is 2. The standard InChI is InChI=1S/C19H15Cl2F3N2O2S/c1-25(15-7-6-11(10-14(15)24)29-9-8-16(20)21)19(28)26(2)18(27)17-12(22)4-3-5-13(17)23/h3-8,10H,9H2,1-2H3. The summed E-state index contributed by atoms with van der Waals surface area (Å²) in [5.41, 5.74) is -0.978. The fraction of sp³-hybridized carbons (Fsp3) is 0.158. The lowest BCUT2D eigenvalue weighted by Gasteiger charge is -2.24. The van der Waals surface area contributed by atoms with Crippen molar-refractivity contribution < 1.29 is 22.8 Å². The van der Waals surface area contributed by atoms with Gasteiger partial charge in [-0.25, -0.2) is 18.0 Å². The first-order valence-corrected chi connectivity index (χ1v) is 9.81. The van der Waals surface area contributed by atoms with E-state index in [1.807, 2.05) is 0 Å². The van der Waals surface area contributed by atoms with Gasteiger partial charge in [0.05, 0.1) is 5.69 Å². The van der Waals surface area contributed by atoms with Crippen molar-refractivity contribution in [2.75, 3.05) is 24.7 Å². The van der Waals surface area contributed by atoms with E-state index in [0.717, 1.165) is 30.1 Å². The molecule has 0 fully saturated rings. The maximum atomic E-state index is 14.5. The number of urea groups is 1. The molecule has 0 unspecified atom stereocenters. The normalized spacial score (nSPS) is 10.4. The summed E-state index contributed by atoms with van der Waals surface area (Å²) in [6.07, 6.45) is 1.54. The molecule has 154 valence electrons. The third-order valence-electron chi connectivity index (χ3n) is 3.82. The van der Waals surface area contributed by atoms with Crippen LogP contribution in [0.2, 0.25) is 0 Å². The second kappa shape index (κ2) is 10.0. The second-order valence-corrected chi connectivity index (χ2v) is 7.82. The van der Waals surface area contributed by atoms with E-state index in [1.165, 1.54) is 37.0 Å². The molecule has 0 saturated carbocycles. The highest BCUT2D eigenvalue weighted by Crippen LogP contribution is 2.27. The first kappa shape index (κ1) is 23.1. The van der Waals surface area contributed by atoms with Crippen molar-refractivity contribution in [2.45, 2.75) is 4.90 Å². The highest BCUT2D eigenvalue weighted by Gasteiger charge is 2.28.